The third-order valence-electron chi connectivity index (χ3n) is 4.76. The van der Waals surface area contributed by atoms with Crippen molar-refractivity contribution in [2.45, 2.75) is 46.1 Å². The number of carbonyl (C=O) groups excluding carboxylic acids is 1. The zero-order valence-corrected chi connectivity index (χ0v) is 18.7. The van der Waals surface area contributed by atoms with Crippen molar-refractivity contribution in [3.05, 3.63) is 65.7 Å². The zero-order chi connectivity index (χ0) is 21.6. The molecule has 0 aliphatic rings. The van der Waals surface area contributed by atoms with Gasteiger partial charge in [-0.25, -0.2) is 8.42 Å². The topological polar surface area (TPSA) is 66.5 Å². The molecule has 1 amide bonds. The third-order valence-corrected chi connectivity index (χ3v) is 5.89. The minimum atomic E-state index is -3.62. The van der Waals surface area contributed by atoms with Crippen molar-refractivity contribution >= 4 is 21.6 Å². The summed E-state index contributed by atoms with van der Waals surface area (Å²) in [7, 11) is -3.62. The molecule has 158 valence electrons. The molecular formula is C23H32N2O3S. The number of anilines is 1. The predicted molar refractivity (Wildman–Crippen MR) is 120 cm³/mol. The van der Waals surface area contributed by atoms with Crippen LogP contribution in [0, 0.1) is 5.92 Å². The zero-order valence-electron chi connectivity index (χ0n) is 17.9. The maximum Gasteiger partial charge on any atom is 0.241 e. The number of benzene rings is 2. The Labute approximate surface area is 175 Å². The van der Waals surface area contributed by atoms with Crippen LogP contribution in [0.4, 0.5) is 5.69 Å². The molecule has 2 rings (SSSR count). The van der Waals surface area contributed by atoms with Crippen molar-refractivity contribution in [1.29, 1.82) is 0 Å². The molecule has 0 heterocycles. The Bertz CT molecular complexity index is 909. The number of rotatable bonds is 9. The Morgan fingerprint density at radius 1 is 0.966 bits per heavy atom. The van der Waals surface area contributed by atoms with E-state index in [-0.39, 0.29) is 24.4 Å². The first kappa shape index (κ1) is 22.9. The highest BCUT2D eigenvalue weighted by atomic mass is 32.2. The van der Waals surface area contributed by atoms with Crippen LogP contribution >= 0.6 is 0 Å². The van der Waals surface area contributed by atoms with Gasteiger partial charge in [0.25, 0.3) is 0 Å². The molecule has 5 nitrogen and oxygen atoms in total. The van der Waals surface area contributed by atoms with E-state index in [1.807, 2.05) is 56.3 Å². The molecule has 0 fully saturated rings. The summed E-state index contributed by atoms with van der Waals surface area (Å²) in [6, 6.07) is 17.0. The van der Waals surface area contributed by atoms with E-state index in [0.717, 1.165) is 23.8 Å². The number of amides is 1. The minimum absolute atomic E-state index is 0.136. The molecular weight excluding hydrogens is 384 g/mol. The van der Waals surface area contributed by atoms with Gasteiger partial charge in [-0.1, -0.05) is 76.2 Å². The summed E-state index contributed by atoms with van der Waals surface area (Å²) in [5, 5.41) is 3.04. The van der Waals surface area contributed by atoms with Crippen LogP contribution in [0.3, 0.4) is 0 Å². The van der Waals surface area contributed by atoms with E-state index in [1.165, 1.54) is 4.31 Å². The Kier molecular flexibility index (Phi) is 7.85. The third kappa shape index (κ3) is 6.60. The predicted octanol–water partition coefficient (Wildman–Crippen LogP) is 4.48. The maximum absolute atomic E-state index is 12.9. The number of nitrogens with zero attached hydrogens (tertiary/aromatic N) is 1. The number of para-hydroxylation sites is 1. The number of nitrogens with one attached hydrogen (secondary N) is 1. The molecule has 0 aliphatic carbocycles. The van der Waals surface area contributed by atoms with Gasteiger partial charge in [0.15, 0.2) is 0 Å². The summed E-state index contributed by atoms with van der Waals surface area (Å²) in [6.07, 6.45) is 1.91. The van der Waals surface area contributed by atoms with Gasteiger partial charge in [-0.3, -0.25) is 9.10 Å². The van der Waals surface area contributed by atoms with Crippen molar-refractivity contribution < 1.29 is 13.2 Å². The summed E-state index contributed by atoms with van der Waals surface area (Å²) in [4.78, 5) is 12.9. The summed E-state index contributed by atoms with van der Waals surface area (Å²) in [5.74, 6) is 0.202. The van der Waals surface area contributed by atoms with Gasteiger partial charge >= 0.3 is 0 Å². The Morgan fingerprint density at radius 2 is 1.55 bits per heavy atom. The second-order valence-corrected chi connectivity index (χ2v) is 10.1. The summed E-state index contributed by atoms with van der Waals surface area (Å²) < 4.78 is 26.2. The van der Waals surface area contributed by atoms with Crippen LogP contribution in [-0.4, -0.2) is 27.1 Å². The smallest absolute Gasteiger partial charge is 0.241 e. The lowest BCUT2D eigenvalue weighted by atomic mass is 9.97. The first-order valence-corrected chi connectivity index (χ1v) is 11.8. The number of carbonyl (C=O) groups is 1. The molecule has 2 aromatic carbocycles. The second-order valence-electron chi connectivity index (χ2n) is 8.14. The number of hydrogen-bond donors (Lipinski definition) is 1. The van der Waals surface area contributed by atoms with Crippen molar-refractivity contribution in [3.63, 3.8) is 0 Å². The summed E-state index contributed by atoms with van der Waals surface area (Å²) in [5.41, 5.74) is 2.47. The molecule has 0 saturated carbocycles. The lowest BCUT2D eigenvalue weighted by molar-refractivity contribution is -0.120. The molecule has 0 unspecified atom stereocenters. The van der Waals surface area contributed by atoms with E-state index >= 15 is 0 Å². The Hall–Kier alpha value is -2.34. The van der Waals surface area contributed by atoms with E-state index < -0.39 is 10.0 Å². The maximum atomic E-state index is 12.9. The first-order chi connectivity index (χ1) is 13.6. The minimum Gasteiger partial charge on any atom is -0.348 e. The van der Waals surface area contributed by atoms with Crippen molar-refractivity contribution in [3.8, 4) is 0 Å². The largest absolute Gasteiger partial charge is 0.348 e. The van der Waals surface area contributed by atoms with Crippen LogP contribution in [0.2, 0.25) is 0 Å². The van der Waals surface area contributed by atoms with Crippen LogP contribution in [0.5, 0.6) is 0 Å². The average Bonchev–Trinajstić information content (AvgIpc) is 2.65. The summed E-state index contributed by atoms with van der Waals surface area (Å²) >= 11 is 0. The quantitative estimate of drug-likeness (QED) is 0.655. The van der Waals surface area contributed by atoms with Gasteiger partial charge in [-0.05, 0) is 35.4 Å². The highest BCUT2D eigenvalue weighted by molar-refractivity contribution is 7.92. The Balaban J connectivity index is 2.29. The molecule has 0 saturated heterocycles. The highest BCUT2D eigenvalue weighted by Gasteiger charge is 2.25. The fourth-order valence-corrected chi connectivity index (χ4v) is 4.26. The van der Waals surface area contributed by atoms with Crippen molar-refractivity contribution in [1.82, 2.24) is 5.32 Å². The van der Waals surface area contributed by atoms with Crippen LogP contribution in [0.25, 0.3) is 0 Å². The van der Waals surface area contributed by atoms with E-state index in [2.05, 4.69) is 19.2 Å². The van der Waals surface area contributed by atoms with Gasteiger partial charge in [0.1, 0.15) is 6.54 Å². The standard InChI is InChI=1S/C23H32N2O3S/c1-17(2)15-21(19-11-7-6-8-12-19)24-23(26)16-25(29(5,27)28)22-14-10-9-13-20(22)18(3)4/h6-14,17-18,21H,15-16H2,1-5H3,(H,24,26)/t21-/m1/s1. The monoisotopic (exact) mass is 416 g/mol. The van der Waals surface area contributed by atoms with Crippen LogP contribution < -0.4 is 9.62 Å². The molecule has 0 radical (unpaired) electrons. The van der Waals surface area contributed by atoms with E-state index in [0.29, 0.717) is 11.6 Å². The second kappa shape index (κ2) is 9.92. The van der Waals surface area contributed by atoms with Gasteiger partial charge in [0.2, 0.25) is 15.9 Å². The molecule has 2 aromatic rings. The molecule has 1 atom stereocenters. The average molecular weight is 417 g/mol. The fraction of sp³-hybridized carbons (Fsp3) is 0.435. The summed E-state index contributed by atoms with van der Waals surface area (Å²) in [6.45, 7) is 7.97. The molecule has 0 aromatic heterocycles. The molecule has 29 heavy (non-hydrogen) atoms. The normalized spacial score (nSPS) is 12.8. The van der Waals surface area contributed by atoms with Gasteiger partial charge in [0, 0.05) is 0 Å². The lowest BCUT2D eigenvalue weighted by Gasteiger charge is -2.27. The lowest BCUT2D eigenvalue weighted by Crippen LogP contribution is -2.42. The Morgan fingerprint density at radius 3 is 2.10 bits per heavy atom. The van der Waals surface area contributed by atoms with E-state index in [1.54, 1.807) is 12.1 Å². The highest BCUT2D eigenvalue weighted by Crippen LogP contribution is 2.29. The van der Waals surface area contributed by atoms with Gasteiger partial charge in [-0.15, -0.1) is 0 Å². The first-order valence-electron chi connectivity index (χ1n) is 10.0. The number of hydrogen-bond acceptors (Lipinski definition) is 3. The van der Waals surface area contributed by atoms with E-state index in [4.69, 9.17) is 0 Å². The van der Waals surface area contributed by atoms with Crippen LogP contribution in [0.15, 0.2) is 54.6 Å². The van der Waals surface area contributed by atoms with E-state index in [9.17, 15) is 13.2 Å². The van der Waals surface area contributed by atoms with Gasteiger partial charge in [-0.2, -0.15) is 0 Å². The van der Waals surface area contributed by atoms with Crippen molar-refractivity contribution in [2.24, 2.45) is 5.92 Å². The molecule has 0 aliphatic heterocycles. The molecule has 0 spiro atoms. The van der Waals surface area contributed by atoms with Crippen LogP contribution in [-0.2, 0) is 14.8 Å². The number of sulfonamides is 1. The SMILES string of the molecule is CC(C)C[C@@H](NC(=O)CN(c1ccccc1C(C)C)S(C)(=O)=O)c1ccccc1. The van der Waals surface area contributed by atoms with Gasteiger partial charge < -0.3 is 5.32 Å². The molecule has 6 heteroatoms. The van der Waals surface area contributed by atoms with Crippen LogP contribution in [0.1, 0.15) is 57.2 Å². The van der Waals surface area contributed by atoms with Gasteiger partial charge in [0.05, 0.1) is 18.0 Å². The molecule has 0 bridgehead atoms. The van der Waals surface area contributed by atoms with Crippen molar-refractivity contribution in [2.75, 3.05) is 17.1 Å². The fourth-order valence-electron chi connectivity index (χ4n) is 3.39. The molecule has 1 N–H and O–H groups in total.